The van der Waals surface area contributed by atoms with Crippen LogP contribution in [0.15, 0.2) is 10.7 Å². The van der Waals surface area contributed by atoms with Crippen LogP contribution in [0.4, 0.5) is 5.69 Å². The molecule has 0 atom stereocenters. The van der Waals surface area contributed by atoms with Crippen molar-refractivity contribution in [2.24, 2.45) is 0 Å². The van der Waals surface area contributed by atoms with Crippen molar-refractivity contribution >= 4 is 11.7 Å². The summed E-state index contributed by atoms with van der Waals surface area (Å²) < 4.78 is 10.1. The molecule has 0 aromatic carbocycles. The van der Waals surface area contributed by atoms with Crippen molar-refractivity contribution in [2.75, 3.05) is 25.1 Å². The molecule has 1 aliphatic heterocycles. The first-order valence-electron chi connectivity index (χ1n) is 3.89. The maximum atomic E-state index is 10.6. The van der Waals surface area contributed by atoms with Gasteiger partial charge in [0.05, 0.1) is 6.54 Å². The Bertz CT molecular complexity index is 344. The van der Waals surface area contributed by atoms with E-state index in [2.05, 4.69) is 0 Å². The quantitative estimate of drug-likeness (QED) is 0.697. The van der Waals surface area contributed by atoms with Crippen molar-refractivity contribution < 1.29 is 19.1 Å². The van der Waals surface area contributed by atoms with Gasteiger partial charge in [-0.25, -0.2) is 4.79 Å². The number of fused-ring (bicyclic) bond motifs is 1. The Balaban J connectivity index is 2.47. The monoisotopic (exact) mass is 183 g/mol. The molecule has 70 valence electrons. The molecule has 0 spiro atoms. The van der Waals surface area contributed by atoms with Gasteiger partial charge in [0.1, 0.15) is 18.6 Å². The number of hydrogen-bond acceptors (Lipinski definition) is 4. The number of rotatable bonds is 1. The number of ether oxygens (including phenoxy) is 1. The molecular formula is C8H9NO4. The molecule has 5 nitrogen and oxygen atoms in total. The van der Waals surface area contributed by atoms with Crippen LogP contribution in [0.3, 0.4) is 0 Å². The van der Waals surface area contributed by atoms with Crippen LogP contribution in [0, 0.1) is 0 Å². The lowest BCUT2D eigenvalue weighted by molar-refractivity contribution is 0.0656. The fourth-order valence-electron chi connectivity index (χ4n) is 1.29. The van der Waals surface area contributed by atoms with E-state index < -0.39 is 5.97 Å². The average molecular weight is 183 g/mol. The molecule has 5 heteroatoms. The van der Waals surface area contributed by atoms with E-state index in [0.29, 0.717) is 18.0 Å². The van der Waals surface area contributed by atoms with Crippen LogP contribution < -0.4 is 9.64 Å². The zero-order valence-electron chi connectivity index (χ0n) is 7.11. The summed E-state index contributed by atoms with van der Waals surface area (Å²) in [6.07, 6.45) is 1.40. The van der Waals surface area contributed by atoms with Crippen molar-refractivity contribution in [2.45, 2.75) is 0 Å². The number of carboxylic acid groups (broad SMARTS) is 1. The molecule has 0 bridgehead atoms. The van der Waals surface area contributed by atoms with E-state index in [1.807, 2.05) is 11.9 Å². The van der Waals surface area contributed by atoms with Crippen molar-refractivity contribution in [3.8, 4) is 5.75 Å². The molecule has 0 saturated carbocycles. The topological polar surface area (TPSA) is 62.9 Å². The second-order valence-corrected chi connectivity index (χ2v) is 2.85. The SMILES string of the molecule is CN1CCOc2c1coc2C(=O)O. The van der Waals surface area contributed by atoms with E-state index in [-0.39, 0.29) is 5.76 Å². The number of carboxylic acids is 1. The first kappa shape index (κ1) is 7.97. The molecule has 2 rings (SSSR count). The highest BCUT2D eigenvalue weighted by Crippen LogP contribution is 2.35. The van der Waals surface area contributed by atoms with E-state index in [1.165, 1.54) is 6.26 Å². The molecule has 13 heavy (non-hydrogen) atoms. The lowest BCUT2D eigenvalue weighted by Gasteiger charge is -2.23. The van der Waals surface area contributed by atoms with Gasteiger partial charge in [0.15, 0.2) is 5.75 Å². The van der Waals surface area contributed by atoms with Gasteiger partial charge in [0.2, 0.25) is 0 Å². The minimum absolute atomic E-state index is 0.124. The fourth-order valence-corrected chi connectivity index (χ4v) is 1.29. The predicted octanol–water partition coefficient (Wildman–Crippen LogP) is 0.806. The minimum atomic E-state index is -1.10. The maximum absolute atomic E-state index is 10.6. The van der Waals surface area contributed by atoms with Gasteiger partial charge in [-0.2, -0.15) is 0 Å². The summed E-state index contributed by atoms with van der Waals surface area (Å²) in [6, 6.07) is 0. The van der Waals surface area contributed by atoms with Crippen LogP contribution in [-0.2, 0) is 0 Å². The molecule has 0 saturated heterocycles. The van der Waals surface area contributed by atoms with Crippen LogP contribution in [0.5, 0.6) is 5.75 Å². The molecule has 1 aliphatic rings. The Morgan fingerprint density at radius 2 is 2.46 bits per heavy atom. The average Bonchev–Trinajstić information content (AvgIpc) is 2.48. The number of anilines is 1. The fraction of sp³-hybridized carbons (Fsp3) is 0.375. The van der Waals surface area contributed by atoms with Crippen molar-refractivity contribution in [1.82, 2.24) is 0 Å². The summed E-state index contributed by atoms with van der Waals surface area (Å²) in [4.78, 5) is 12.5. The van der Waals surface area contributed by atoms with Crippen LogP contribution in [-0.4, -0.2) is 31.3 Å². The molecular weight excluding hydrogens is 174 g/mol. The summed E-state index contributed by atoms with van der Waals surface area (Å²) in [5.41, 5.74) is 0.698. The summed E-state index contributed by atoms with van der Waals surface area (Å²) in [5, 5.41) is 8.72. The maximum Gasteiger partial charge on any atom is 0.375 e. The molecule has 0 unspecified atom stereocenters. The first-order chi connectivity index (χ1) is 6.20. The van der Waals surface area contributed by atoms with Crippen LogP contribution in [0.1, 0.15) is 10.6 Å². The molecule has 2 heterocycles. The van der Waals surface area contributed by atoms with E-state index in [0.717, 1.165) is 6.54 Å². The van der Waals surface area contributed by atoms with Crippen molar-refractivity contribution in [3.05, 3.63) is 12.0 Å². The van der Waals surface area contributed by atoms with Crippen LogP contribution >= 0.6 is 0 Å². The van der Waals surface area contributed by atoms with Gasteiger partial charge in [-0.15, -0.1) is 0 Å². The Labute approximate surface area is 74.5 Å². The molecule has 0 fully saturated rings. The second kappa shape index (κ2) is 2.69. The highest BCUT2D eigenvalue weighted by atomic mass is 16.5. The normalized spacial score (nSPS) is 15.0. The van der Waals surface area contributed by atoms with Gasteiger partial charge in [0, 0.05) is 7.05 Å². The molecule has 0 radical (unpaired) electrons. The Morgan fingerprint density at radius 1 is 1.69 bits per heavy atom. The molecule has 1 aromatic heterocycles. The van der Waals surface area contributed by atoms with Gasteiger partial charge in [-0.3, -0.25) is 0 Å². The summed E-state index contributed by atoms with van der Waals surface area (Å²) in [7, 11) is 1.86. The first-order valence-corrected chi connectivity index (χ1v) is 3.89. The Hall–Kier alpha value is -1.65. The van der Waals surface area contributed by atoms with Crippen molar-refractivity contribution in [1.29, 1.82) is 0 Å². The Kier molecular flexibility index (Phi) is 1.65. The van der Waals surface area contributed by atoms with Gasteiger partial charge in [-0.05, 0) is 0 Å². The number of hydrogen-bond donors (Lipinski definition) is 1. The highest BCUT2D eigenvalue weighted by Gasteiger charge is 2.26. The largest absolute Gasteiger partial charge is 0.485 e. The molecule has 0 amide bonds. The lowest BCUT2D eigenvalue weighted by Crippen LogP contribution is -2.28. The minimum Gasteiger partial charge on any atom is -0.485 e. The van der Waals surface area contributed by atoms with Gasteiger partial charge >= 0.3 is 5.97 Å². The molecule has 1 N–H and O–H groups in total. The zero-order chi connectivity index (χ0) is 9.42. The third kappa shape index (κ3) is 1.12. The zero-order valence-corrected chi connectivity index (χ0v) is 7.11. The summed E-state index contributed by atoms with van der Waals surface area (Å²) in [5.74, 6) is -0.889. The summed E-state index contributed by atoms with van der Waals surface area (Å²) in [6.45, 7) is 1.23. The van der Waals surface area contributed by atoms with Gasteiger partial charge in [0.25, 0.3) is 5.76 Å². The van der Waals surface area contributed by atoms with Crippen LogP contribution in [0.25, 0.3) is 0 Å². The number of likely N-dealkylation sites (N-methyl/N-ethyl adjacent to an activating group) is 1. The predicted molar refractivity (Wildman–Crippen MR) is 44.4 cm³/mol. The number of furan rings is 1. The number of aromatic carboxylic acids is 1. The Morgan fingerprint density at radius 3 is 3.15 bits per heavy atom. The molecule has 0 aliphatic carbocycles. The highest BCUT2D eigenvalue weighted by molar-refractivity contribution is 5.90. The van der Waals surface area contributed by atoms with Gasteiger partial charge in [-0.1, -0.05) is 0 Å². The van der Waals surface area contributed by atoms with E-state index >= 15 is 0 Å². The lowest BCUT2D eigenvalue weighted by atomic mass is 10.3. The van der Waals surface area contributed by atoms with Gasteiger partial charge < -0.3 is 19.2 Å². The number of carbonyl (C=O) groups is 1. The second-order valence-electron chi connectivity index (χ2n) is 2.85. The summed E-state index contributed by atoms with van der Waals surface area (Å²) >= 11 is 0. The number of nitrogens with zero attached hydrogens (tertiary/aromatic N) is 1. The van der Waals surface area contributed by atoms with Crippen LogP contribution in [0.2, 0.25) is 0 Å². The third-order valence-corrected chi connectivity index (χ3v) is 2.01. The van der Waals surface area contributed by atoms with E-state index in [9.17, 15) is 4.79 Å². The van der Waals surface area contributed by atoms with E-state index in [1.54, 1.807) is 0 Å². The third-order valence-electron chi connectivity index (χ3n) is 2.01. The standard InChI is InChI=1S/C8H9NO4/c1-9-2-3-12-6-5(9)4-13-7(6)8(10)11/h4H,2-3H2,1H3,(H,10,11). The van der Waals surface area contributed by atoms with E-state index in [4.69, 9.17) is 14.3 Å². The smallest absolute Gasteiger partial charge is 0.375 e. The molecule has 1 aromatic rings. The van der Waals surface area contributed by atoms with Crippen molar-refractivity contribution in [3.63, 3.8) is 0 Å².